The van der Waals surface area contributed by atoms with Gasteiger partial charge in [-0.2, -0.15) is 5.10 Å². The zero-order valence-electron chi connectivity index (χ0n) is 17.9. The molecule has 0 radical (unpaired) electrons. The summed E-state index contributed by atoms with van der Waals surface area (Å²) < 4.78 is 15.9. The number of aliphatic carboxylic acids is 1. The summed E-state index contributed by atoms with van der Waals surface area (Å²) in [7, 11) is 1.81. The second-order valence-electron chi connectivity index (χ2n) is 7.94. The van der Waals surface area contributed by atoms with Crippen molar-refractivity contribution in [2.45, 2.75) is 25.9 Å². The van der Waals surface area contributed by atoms with Gasteiger partial charge in [-0.1, -0.05) is 17.7 Å². The topological polar surface area (TPSA) is 113 Å². The van der Waals surface area contributed by atoms with Crippen molar-refractivity contribution in [2.75, 3.05) is 10.2 Å². The standard InChI is InChI=1S/C19H17ClFN5O.C4H6O2/c1-25-18-13(9-23-25)10-26(17-5-4-14(20)7-16(17)24-18)19(27)11-2-3-12(8-22)15(21)6-11;5-4(6)3-1-2-3/h2-7,9,24H,8,10,22H2,1H3;3H,1-2H2,(H,5,6). The number of hydrogen-bond donors (Lipinski definition) is 3. The number of benzene rings is 2. The molecule has 8 nitrogen and oxygen atoms in total. The van der Waals surface area contributed by atoms with Crippen LogP contribution in [0.2, 0.25) is 5.02 Å². The van der Waals surface area contributed by atoms with E-state index in [9.17, 15) is 14.0 Å². The van der Waals surface area contributed by atoms with Crippen LogP contribution in [-0.4, -0.2) is 26.8 Å². The zero-order chi connectivity index (χ0) is 23.7. The van der Waals surface area contributed by atoms with Crippen molar-refractivity contribution in [3.63, 3.8) is 0 Å². The molecule has 0 saturated heterocycles. The first kappa shape index (κ1) is 22.8. The van der Waals surface area contributed by atoms with Gasteiger partial charge < -0.3 is 21.1 Å². The quantitative estimate of drug-likeness (QED) is 0.531. The predicted octanol–water partition coefficient (Wildman–Crippen LogP) is 4.06. The molecule has 2 aliphatic rings. The van der Waals surface area contributed by atoms with E-state index in [1.807, 2.05) is 7.05 Å². The van der Waals surface area contributed by atoms with Gasteiger partial charge in [0.05, 0.1) is 30.0 Å². The third-order valence-corrected chi connectivity index (χ3v) is 5.77. The van der Waals surface area contributed by atoms with Gasteiger partial charge in [-0.15, -0.1) is 0 Å². The van der Waals surface area contributed by atoms with Crippen LogP contribution in [0.4, 0.5) is 21.6 Å². The van der Waals surface area contributed by atoms with Crippen molar-refractivity contribution in [1.82, 2.24) is 9.78 Å². The molecule has 0 spiro atoms. The Labute approximate surface area is 194 Å². The highest BCUT2D eigenvalue weighted by Crippen LogP contribution is 2.38. The van der Waals surface area contributed by atoms with Crippen molar-refractivity contribution in [1.29, 1.82) is 0 Å². The van der Waals surface area contributed by atoms with E-state index in [1.54, 1.807) is 40.0 Å². The summed E-state index contributed by atoms with van der Waals surface area (Å²) in [5.74, 6) is -0.646. The number of carboxylic acid groups (broad SMARTS) is 1. The number of nitrogens with zero attached hydrogens (tertiary/aromatic N) is 3. The van der Waals surface area contributed by atoms with E-state index in [2.05, 4.69) is 10.4 Å². The van der Waals surface area contributed by atoms with Crippen LogP contribution in [0.1, 0.15) is 34.3 Å². The smallest absolute Gasteiger partial charge is 0.306 e. The second kappa shape index (κ2) is 9.21. The summed E-state index contributed by atoms with van der Waals surface area (Å²) in [6.07, 6.45) is 3.50. The molecule has 4 N–H and O–H groups in total. The number of hydrogen-bond acceptors (Lipinski definition) is 5. The molecule has 0 unspecified atom stereocenters. The lowest BCUT2D eigenvalue weighted by molar-refractivity contribution is -0.138. The average molecular weight is 472 g/mol. The number of aromatic nitrogens is 2. The lowest BCUT2D eigenvalue weighted by Gasteiger charge is -2.23. The number of nitrogens with two attached hydrogens (primary N) is 1. The van der Waals surface area contributed by atoms with Gasteiger partial charge in [0.25, 0.3) is 5.91 Å². The third-order valence-electron chi connectivity index (χ3n) is 5.54. The van der Waals surface area contributed by atoms with Crippen LogP contribution >= 0.6 is 11.6 Å². The van der Waals surface area contributed by atoms with Crippen LogP contribution in [0.15, 0.2) is 42.6 Å². The van der Waals surface area contributed by atoms with E-state index in [0.29, 0.717) is 28.5 Å². The summed E-state index contributed by atoms with van der Waals surface area (Å²) in [5, 5.41) is 16.1. The Bertz CT molecular complexity index is 1220. The monoisotopic (exact) mass is 471 g/mol. The number of rotatable bonds is 3. The minimum absolute atomic E-state index is 0.0185. The van der Waals surface area contributed by atoms with Gasteiger partial charge in [-0.25, -0.2) is 4.39 Å². The average Bonchev–Trinajstić information content (AvgIpc) is 3.60. The van der Waals surface area contributed by atoms with Crippen molar-refractivity contribution < 1.29 is 19.1 Å². The lowest BCUT2D eigenvalue weighted by atomic mass is 10.1. The molecule has 1 aliphatic heterocycles. The molecule has 1 amide bonds. The summed E-state index contributed by atoms with van der Waals surface area (Å²) in [6.45, 7) is 0.373. The highest BCUT2D eigenvalue weighted by Gasteiger charge is 2.29. The number of anilines is 3. The number of nitrogens with one attached hydrogen (secondary N) is 1. The van der Waals surface area contributed by atoms with Gasteiger partial charge in [-0.05, 0) is 43.2 Å². The molecule has 1 fully saturated rings. The fourth-order valence-corrected chi connectivity index (χ4v) is 3.67. The fourth-order valence-electron chi connectivity index (χ4n) is 3.50. The first-order chi connectivity index (χ1) is 15.8. The van der Waals surface area contributed by atoms with Crippen LogP contribution in [0.25, 0.3) is 0 Å². The Morgan fingerprint density at radius 3 is 2.64 bits per heavy atom. The maximum Gasteiger partial charge on any atom is 0.306 e. The molecule has 1 aromatic heterocycles. The molecule has 1 saturated carbocycles. The van der Waals surface area contributed by atoms with E-state index >= 15 is 0 Å². The number of carbonyl (C=O) groups is 2. The number of aryl methyl sites for hydroxylation is 1. The number of amides is 1. The maximum absolute atomic E-state index is 14.2. The number of carbonyl (C=O) groups excluding carboxylic acids is 1. The predicted molar refractivity (Wildman–Crippen MR) is 123 cm³/mol. The summed E-state index contributed by atoms with van der Waals surface area (Å²) in [4.78, 5) is 24.6. The van der Waals surface area contributed by atoms with Gasteiger partial charge in [0.2, 0.25) is 0 Å². The third kappa shape index (κ3) is 4.84. The van der Waals surface area contributed by atoms with Crippen molar-refractivity contribution >= 4 is 40.7 Å². The van der Waals surface area contributed by atoms with Crippen LogP contribution < -0.4 is 16.0 Å². The molecule has 10 heteroatoms. The van der Waals surface area contributed by atoms with Gasteiger partial charge >= 0.3 is 5.97 Å². The van der Waals surface area contributed by atoms with E-state index in [0.717, 1.165) is 24.2 Å². The second-order valence-corrected chi connectivity index (χ2v) is 8.38. The van der Waals surface area contributed by atoms with E-state index in [-0.39, 0.29) is 23.9 Å². The Hall–Kier alpha value is -3.43. The molecule has 0 bridgehead atoms. The molecule has 3 aromatic rings. The molecule has 0 atom stereocenters. The van der Waals surface area contributed by atoms with Crippen LogP contribution in [0.5, 0.6) is 0 Å². The van der Waals surface area contributed by atoms with Crippen molar-refractivity contribution in [2.24, 2.45) is 18.7 Å². The zero-order valence-corrected chi connectivity index (χ0v) is 18.6. The van der Waals surface area contributed by atoms with E-state index in [4.69, 9.17) is 22.4 Å². The maximum atomic E-state index is 14.2. The molecule has 1 aliphatic carbocycles. The molecular formula is C23H23ClFN5O3. The molecule has 2 heterocycles. The van der Waals surface area contributed by atoms with Gasteiger partial charge in [-0.3, -0.25) is 14.3 Å². The van der Waals surface area contributed by atoms with Crippen LogP contribution in [0, 0.1) is 11.7 Å². The summed E-state index contributed by atoms with van der Waals surface area (Å²) >= 11 is 6.14. The van der Waals surface area contributed by atoms with Gasteiger partial charge in [0.1, 0.15) is 11.6 Å². The molecule has 5 rings (SSSR count). The summed E-state index contributed by atoms with van der Waals surface area (Å²) in [5.41, 5.74) is 8.30. The Morgan fingerprint density at radius 2 is 2.03 bits per heavy atom. The lowest BCUT2D eigenvalue weighted by Crippen LogP contribution is -2.30. The Balaban J connectivity index is 0.000000376. The first-order valence-electron chi connectivity index (χ1n) is 10.4. The number of carboxylic acids is 1. The Morgan fingerprint density at radius 1 is 1.27 bits per heavy atom. The van der Waals surface area contributed by atoms with Crippen molar-refractivity contribution in [3.8, 4) is 0 Å². The normalized spacial score (nSPS) is 14.2. The van der Waals surface area contributed by atoms with Gasteiger partial charge in [0, 0.05) is 35.3 Å². The highest BCUT2D eigenvalue weighted by atomic mass is 35.5. The summed E-state index contributed by atoms with van der Waals surface area (Å²) in [6, 6.07) is 9.59. The highest BCUT2D eigenvalue weighted by molar-refractivity contribution is 6.31. The fraction of sp³-hybridized carbons (Fsp3) is 0.261. The largest absolute Gasteiger partial charge is 0.481 e. The van der Waals surface area contributed by atoms with Crippen molar-refractivity contribution in [3.05, 3.63) is 70.1 Å². The van der Waals surface area contributed by atoms with E-state index < -0.39 is 11.8 Å². The SMILES string of the molecule is Cn1ncc2c1Nc1cc(Cl)ccc1N(C(=O)c1ccc(CN)c(F)c1)C2.O=C(O)C1CC1. The van der Waals surface area contributed by atoms with Crippen LogP contribution in [0.3, 0.4) is 0 Å². The minimum Gasteiger partial charge on any atom is -0.481 e. The van der Waals surface area contributed by atoms with Crippen LogP contribution in [-0.2, 0) is 24.9 Å². The first-order valence-corrected chi connectivity index (χ1v) is 10.8. The minimum atomic E-state index is -0.630. The number of fused-ring (bicyclic) bond motifs is 2. The molecular weight excluding hydrogens is 449 g/mol. The molecule has 2 aromatic carbocycles. The molecule has 172 valence electrons. The van der Waals surface area contributed by atoms with Gasteiger partial charge in [0.15, 0.2) is 0 Å². The van der Waals surface area contributed by atoms with E-state index in [1.165, 1.54) is 12.1 Å². The Kier molecular flexibility index (Phi) is 6.35. The number of halogens is 2. The molecule has 33 heavy (non-hydrogen) atoms.